The zero-order valence-corrected chi connectivity index (χ0v) is 17.5. The van der Waals surface area contributed by atoms with Crippen molar-refractivity contribution in [2.75, 3.05) is 31.5 Å². The zero-order valence-electron chi connectivity index (χ0n) is 14.4. The number of piperazine rings is 1. The minimum absolute atomic E-state index is 0.591. The van der Waals surface area contributed by atoms with Crippen LogP contribution in [0.15, 0.2) is 36.4 Å². The summed E-state index contributed by atoms with van der Waals surface area (Å²) in [5.74, 6) is 0. The van der Waals surface area contributed by atoms with Gasteiger partial charge in [0, 0.05) is 43.4 Å². The van der Waals surface area contributed by atoms with Crippen molar-refractivity contribution in [2.45, 2.75) is 13.5 Å². The highest BCUT2D eigenvalue weighted by Gasteiger charge is 2.19. The Morgan fingerprint density at radius 2 is 1.73 bits per heavy atom. The maximum atomic E-state index is 6.18. The molecule has 138 valence electrons. The van der Waals surface area contributed by atoms with Gasteiger partial charge < -0.3 is 10.2 Å². The highest BCUT2D eigenvalue weighted by atomic mass is 35.5. The second-order valence-electron chi connectivity index (χ2n) is 6.35. The summed E-state index contributed by atoms with van der Waals surface area (Å²) in [6.45, 7) is 6.49. The first-order valence-electron chi connectivity index (χ1n) is 8.41. The fraction of sp³-hybridized carbons (Fsp3) is 0.316. The maximum absolute atomic E-state index is 6.18. The summed E-state index contributed by atoms with van der Waals surface area (Å²) < 4.78 is 0. The lowest BCUT2D eigenvalue weighted by Gasteiger charge is -2.36. The molecule has 1 aliphatic rings. The van der Waals surface area contributed by atoms with Crippen LogP contribution in [0.5, 0.6) is 0 Å². The first-order valence-corrected chi connectivity index (χ1v) is 9.95. The predicted octanol–water partition coefficient (Wildman–Crippen LogP) is 5.47. The van der Waals surface area contributed by atoms with Gasteiger partial charge in [-0.3, -0.25) is 4.90 Å². The average Bonchev–Trinajstić information content (AvgIpc) is 2.63. The van der Waals surface area contributed by atoms with Crippen LogP contribution in [0.1, 0.15) is 11.1 Å². The standard InChI is InChI=1S/C19H20Cl3N3S/c1-13-15(20)3-2-4-18(13)23-19(26)25-9-7-24(8-10-25)12-14-5-6-16(21)17(22)11-14/h2-6,11H,7-10,12H2,1H3,(H,23,26). The van der Waals surface area contributed by atoms with Crippen molar-refractivity contribution in [3.63, 3.8) is 0 Å². The van der Waals surface area contributed by atoms with E-state index in [0.717, 1.165) is 54.1 Å². The van der Waals surface area contributed by atoms with E-state index >= 15 is 0 Å². The molecule has 1 N–H and O–H groups in total. The Labute approximate surface area is 174 Å². The average molecular weight is 429 g/mol. The molecule has 1 saturated heterocycles. The molecule has 26 heavy (non-hydrogen) atoms. The molecule has 0 radical (unpaired) electrons. The first kappa shape index (κ1) is 19.7. The fourth-order valence-corrected chi connectivity index (χ4v) is 3.73. The van der Waals surface area contributed by atoms with E-state index in [0.29, 0.717) is 10.0 Å². The van der Waals surface area contributed by atoms with Gasteiger partial charge in [0.25, 0.3) is 0 Å². The Kier molecular flexibility index (Phi) is 6.65. The van der Waals surface area contributed by atoms with E-state index in [-0.39, 0.29) is 0 Å². The Bertz CT molecular complexity index is 805. The predicted molar refractivity (Wildman–Crippen MR) is 116 cm³/mol. The topological polar surface area (TPSA) is 18.5 Å². The number of benzene rings is 2. The van der Waals surface area contributed by atoms with E-state index in [1.807, 2.05) is 43.3 Å². The molecule has 0 bridgehead atoms. The second-order valence-corrected chi connectivity index (χ2v) is 7.96. The third-order valence-electron chi connectivity index (χ3n) is 4.56. The molecular weight excluding hydrogens is 409 g/mol. The van der Waals surface area contributed by atoms with Gasteiger partial charge in [-0.2, -0.15) is 0 Å². The second kappa shape index (κ2) is 8.77. The normalized spacial score (nSPS) is 15.2. The van der Waals surface area contributed by atoms with Gasteiger partial charge in [-0.15, -0.1) is 0 Å². The molecule has 1 aliphatic heterocycles. The van der Waals surface area contributed by atoms with Crippen molar-refractivity contribution in [3.8, 4) is 0 Å². The number of hydrogen-bond donors (Lipinski definition) is 1. The van der Waals surface area contributed by atoms with E-state index in [4.69, 9.17) is 47.0 Å². The number of hydrogen-bond acceptors (Lipinski definition) is 2. The smallest absolute Gasteiger partial charge is 0.173 e. The summed E-state index contributed by atoms with van der Waals surface area (Å²) in [5, 5.41) is 5.99. The Balaban J connectivity index is 1.53. The molecule has 7 heteroatoms. The van der Waals surface area contributed by atoms with Gasteiger partial charge in [0.15, 0.2) is 5.11 Å². The van der Waals surface area contributed by atoms with Crippen LogP contribution in [0.2, 0.25) is 15.1 Å². The molecule has 3 nitrogen and oxygen atoms in total. The first-order chi connectivity index (χ1) is 12.4. The van der Waals surface area contributed by atoms with Crippen LogP contribution in [-0.4, -0.2) is 41.1 Å². The number of rotatable bonds is 3. The van der Waals surface area contributed by atoms with Gasteiger partial charge in [-0.05, 0) is 54.5 Å². The van der Waals surface area contributed by atoms with Gasteiger partial charge in [0.2, 0.25) is 0 Å². The molecule has 3 rings (SSSR count). The van der Waals surface area contributed by atoms with Gasteiger partial charge in [-0.1, -0.05) is 46.9 Å². The molecule has 1 heterocycles. The minimum atomic E-state index is 0.591. The van der Waals surface area contributed by atoms with Gasteiger partial charge >= 0.3 is 0 Å². The van der Waals surface area contributed by atoms with Gasteiger partial charge in [-0.25, -0.2) is 0 Å². The maximum Gasteiger partial charge on any atom is 0.173 e. The van der Waals surface area contributed by atoms with Crippen molar-refractivity contribution in [2.24, 2.45) is 0 Å². The molecule has 2 aromatic carbocycles. The summed E-state index contributed by atoms with van der Waals surface area (Å²) in [6, 6.07) is 11.6. The lowest BCUT2D eigenvalue weighted by atomic mass is 10.2. The van der Waals surface area contributed by atoms with Crippen LogP contribution in [0.3, 0.4) is 0 Å². The third-order valence-corrected chi connectivity index (χ3v) is 6.07. The van der Waals surface area contributed by atoms with E-state index in [9.17, 15) is 0 Å². The highest BCUT2D eigenvalue weighted by Crippen LogP contribution is 2.25. The molecule has 0 aliphatic carbocycles. The van der Waals surface area contributed by atoms with E-state index in [1.54, 1.807) is 0 Å². The number of nitrogens with zero attached hydrogens (tertiary/aromatic N) is 2. The molecule has 1 fully saturated rings. The molecule has 0 saturated carbocycles. The van der Waals surface area contributed by atoms with Crippen LogP contribution < -0.4 is 5.32 Å². The summed E-state index contributed by atoms with van der Waals surface area (Å²) in [6.07, 6.45) is 0. The Morgan fingerprint density at radius 1 is 1.00 bits per heavy atom. The van der Waals surface area contributed by atoms with Crippen molar-refractivity contribution in [3.05, 3.63) is 62.6 Å². The number of nitrogens with one attached hydrogen (secondary N) is 1. The lowest BCUT2D eigenvalue weighted by molar-refractivity contribution is 0.177. The number of thiocarbonyl (C=S) groups is 1. The van der Waals surface area contributed by atoms with Crippen molar-refractivity contribution < 1.29 is 0 Å². The molecule has 0 amide bonds. The molecular formula is C19H20Cl3N3S. The van der Waals surface area contributed by atoms with E-state index in [1.165, 1.54) is 5.56 Å². The zero-order chi connectivity index (χ0) is 18.7. The van der Waals surface area contributed by atoms with E-state index in [2.05, 4.69) is 15.1 Å². The molecule has 0 aromatic heterocycles. The number of anilines is 1. The van der Waals surface area contributed by atoms with Crippen LogP contribution >= 0.6 is 47.0 Å². The van der Waals surface area contributed by atoms with Crippen LogP contribution in [0, 0.1) is 6.92 Å². The SMILES string of the molecule is Cc1c(Cl)cccc1NC(=S)N1CCN(Cc2ccc(Cl)c(Cl)c2)CC1. The quantitative estimate of drug-likeness (QED) is 0.653. The largest absolute Gasteiger partial charge is 0.346 e. The summed E-state index contributed by atoms with van der Waals surface area (Å²) in [5.41, 5.74) is 3.14. The monoisotopic (exact) mass is 427 g/mol. The van der Waals surface area contributed by atoms with Crippen LogP contribution in [0.4, 0.5) is 5.69 Å². The number of halogens is 3. The Morgan fingerprint density at radius 3 is 2.42 bits per heavy atom. The van der Waals surface area contributed by atoms with Crippen LogP contribution in [-0.2, 0) is 6.54 Å². The van der Waals surface area contributed by atoms with E-state index < -0.39 is 0 Å². The third kappa shape index (κ3) is 4.81. The molecule has 0 unspecified atom stereocenters. The van der Waals surface area contributed by atoms with Crippen molar-refractivity contribution >= 4 is 57.8 Å². The Hall–Kier alpha value is -1.04. The molecule has 2 aromatic rings. The molecule has 0 spiro atoms. The van der Waals surface area contributed by atoms with Crippen molar-refractivity contribution in [1.82, 2.24) is 9.80 Å². The summed E-state index contributed by atoms with van der Waals surface area (Å²) in [4.78, 5) is 4.59. The fourth-order valence-electron chi connectivity index (χ4n) is 2.94. The van der Waals surface area contributed by atoms with Gasteiger partial charge in [0.1, 0.15) is 0 Å². The van der Waals surface area contributed by atoms with Crippen LogP contribution in [0.25, 0.3) is 0 Å². The summed E-state index contributed by atoms with van der Waals surface area (Å²) in [7, 11) is 0. The minimum Gasteiger partial charge on any atom is -0.346 e. The lowest BCUT2D eigenvalue weighted by Crippen LogP contribution is -2.49. The summed E-state index contributed by atoms with van der Waals surface area (Å²) >= 11 is 23.8. The van der Waals surface area contributed by atoms with Crippen molar-refractivity contribution in [1.29, 1.82) is 0 Å². The highest BCUT2D eigenvalue weighted by molar-refractivity contribution is 7.80. The molecule has 0 atom stereocenters. The van der Waals surface area contributed by atoms with Gasteiger partial charge in [0.05, 0.1) is 10.0 Å².